The Morgan fingerprint density at radius 1 is 0.966 bits per heavy atom. The summed E-state index contributed by atoms with van der Waals surface area (Å²) in [5.74, 6) is 1.28. The smallest absolute Gasteiger partial charge is 0.254 e. The number of ether oxygens (including phenoxy) is 1. The minimum absolute atomic E-state index is 0.00977. The number of hydrogen-bond acceptors (Lipinski definition) is 3. The number of fused-ring (bicyclic) bond motifs is 2. The van der Waals surface area contributed by atoms with Gasteiger partial charge in [-0.2, -0.15) is 0 Å². The number of amides is 1. The van der Waals surface area contributed by atoms with Crippen LogP contribution in [0.25, 0.3) is 0 Å². The zero-order valence-electron chi connectivity index (χ0n) is 17.3. The number of rotatable bonds is 3. The van der Waals surface area contributed by atoms with Crippen LogP contribution < -0.4 is 4.74 Å². The van der Waals surface area contributed by atoms with Crippen LogP contribution in [0, 0.1) is 0 Å². The van der Waals surface area contributed by atoms with Crippen LogP contribution >= 0.6 is 0 Å². The van der Waals surface area contributed by atoms with Gasteiger partial charge < -0.3 is 9.64 Å². The van der Waals surface area contributed by atoms with Gasteiger partial charge in [0.2, 0.25) is 0 Å². The van der Waals surface area contributed by atoms with Gasteiger partial charge in [-0.3, -0.25) is 9.69 Å². The first-order chi connectivity index (χ1) is 14.1. The zero-order valence-corrected chi connectivity index (χ0v) is 17.3. The molecule has 1 amide bonds. The average Bonchev–Trinajstić information content (AvgIpc) is 2.75. The summed E-state index contributed by atoms with van der Waals surface area (Å²) < 4.78 is 6.54. The summed E-state index contributed by atoms with van der Waals surface area (Å²) in [4.78, 5) is 17.4. The number of likely N-dealkylation sites (tertiary alicyclic amines) is 1. The molecule has 4 nitrogen and oxygen atoms in total. The molecule has 0 radical (unpaired) electrons. The van der Waals surface area contributed by atoms with Gasteiger partial charge in [-0.1, -0.05) is 36.4 Å². The molecule has 0 aliphatic carbocycles. The van der Waals surface area contributed by atoms with Crippen molar-refractivity contribution in [2.45, 2.75) is 50.7 Å². The molecule has 2 aromatic rings. The van der Waals surface area contributed by atoms with E-state index in [0.717, 1.165) is 69.6 Å². The Labute approximate surface area is 173 Å². The second kappa shape index (κ2) is 7.49. The minimum Gasteiger partial charge on any atom is -0.487 e. The van der Waals surface area contributed by atoms with Crippen molar-refractivity contribution in [1.82, 2.24) is 9.80 Å². The Hall–Kier alpha value is -2.33. The molecule has 2 atom stereocenters. The number of carbonyl (C=O) groups is 1. The van der Waals surface area contributed by atoms with Crippen molar-refractivity contribution in [1.29, 1.82) is 0 Å². The summed E-state index contributed by atoms with van der Waals surface area (Å²) in [5, 5.41) is 0. The van der Waals surface area contributed by atoms with Crippen LogP contribution in [0.5, 0.6) is 5.75 Å². The first-order valence-corrected chi connectivity index (χ1v) is 11.0. The monoisotopic (exact) mass is 390 g/mol. The molecule has 0 bridgehead atoms. The van der Waals surface area contributed by atoms with Crippen LogP contribution in [0.15, 0.2) is 48.5 Å². The van der Waals surface area contributed by atoms with Gasteiger partial charge in [-0.05, 0) is 55.9 Å². The molecule has 5 rings (SSSR count). The predicted molar refractivity (Wildman–Crippen MR) is 114 cm³/mol. The maximum atomic E-state index is 12.8. The largest absolute Gasteiger partial charge is 0.487 e. The molecule has 2 aromatic carbocycles. The highest BCUT2D eigenvalue weighted by molar-refractivity contribution is 5.96. The van der Waals surface area contributed by atoms with E-state index < -0.39 is 0 Å². The van der Waals surface area contributed by atoms with E-state index in [0.29, 0.717) is 6.04 Å². The lowest BCUT2D eigenvalue weighted by Crippen LogP contribution is -2.55. The van der Waals surface area contributed by atoms with E-state index >= 15 is 0 Å². The molecule has 0 saturated carbocycles. The van der Waals surface area contributed by atoms with Crippen LogP contribution in [-0.4, -0.2) is 53.5 Å². The summed E-state index contributed by atoms with van der Waals surface area (Å²) in [7, 11) is 0. The topological polar surface area (TPSA) is 32.8 Å². The first-order valence-electron chi connectivity index (χ1n) is 11.0. The highest BCUT2D eigenvalue weighted by Gasteiger charge is 2.42. The molecule has 0 unspecified atom stereocenters. The van der Waals surface area contributed by atoms with E-state index in [2.05, 4.69) is 42.2 Å². The predicted octanol–water partition coefficient (Wildman–Crippen LogP) is 3.93. The van der Waals surface area contributed by atoms with Crippen molar-refractivity contribution in [3.05, 3.63) is 65.2 Å². The molecule has 0 N–H and O–H groups in total. The number of aryl methyl sites for hydroxylation is 1. The summed E-state index contributed by atoms with van der Waals surface area (Å²) >= 11 is 0. The number of para-hydroxylation sites is 1. The van der Waals surface area contributed by atoms with Crippen LogP contribution in [0.4, 0.5) is 0 Å². The lowest BCUT2D eigenvalue weighted by Gasteiger charge is -2.48. The van der Waals surface area contributed by atoms with Gasteiger partial charge in [0.15, 0.2) is 0 Å². The second-order valence-corrected chi connectivity index (χ2v) is 8.93. The fraction of sp³-hybridized carbons (Fsp3) is 0.480. The Morgan fingerprint density at radius 2 is 1.76 bits per heavy atom. The minimum atomic E-state index is -0.00977. The normalized spacial score (nSPS) is 26.7. The van der Waals surface area contributed by atoms with Crippen molar-refractivity contribution in [3.63, 3.8) is 0 Å². The number of carbonyl (C=O) groups excluding carboxylic acids is 1. The van der Waals surface area contributed by atoms with Crippen LogP contribution in [0.2, 0.25) is 0 Å². The number of piperidine rings is 1. The molecule has 3 aliphatic rings. The summed E-state index contributed by atoms with van der Waals surface area (Å²) in [6.07, 6.45) is 5.34. The van der Waals surface area contributed by atoms with Gasteiger partial charge in [0.05, 0.1) is 0 Å². The standard InChI is InChI=1S/C25H30N2O2/c1-19-18-25(12-10-21-7-3-5-9-23(21)29-25)13-15-26(19)16-17-27-14-11-20-6-2-4-8-22(20)24(27)28/h2-9,19H,10-18H2,1H3/t19-,25+/m0/s1. The van der Waals surface area contributed by atoms with Crippen LogP contribution in [0.3, 0.4) is 0 Å². The SMILES string of the molecule is C[C@H]1C[C@@]2(CCc3ccccc3O2)CCN1CCN1CCc2ccccc2C1=O. The van der Waals surface area contributed by atoms with Gasteiger partial charge >= 0.3 is 0 Å². The molecular weight excluding hydrogens is 360 g/mol. The molecule has 1 saturated heterocycles. The van der Waals surface area contributed by atoms with Crippen molar-refractivity contribution < 1.29 is 9.53 Å². The van der Waals surface area contributed by atoms with Crippen molar-refractivity contribution in [2.75, 3.05) is 26.2 Å². The molecule has 3 aliphatic heterocycles. The Kier molecular flexibility index (Phi) is 4.83. The van der Waals surface area contributed by atoms with E-state index in [4.69, 9.17) is 4.74 Å². The summed E-state index contributed by atoms with van der Waals surface area (Å²) in [6.45, 7) is 5.96. The third kappa shape index (κ3) is 3.55. The Balaban J connectivity index is 1.19. The van der Waals surface area contributed by atoms with Crippen molar-refractivity contribution in [3.8, 4) is 5.75 Å². The Bertz CT molecular complexity index is 911. The Morgan fingerprint density at radius 3 is 2.62 bits per heavy atom. The molecule has 3 heterocycles. The van der Waals surface area contributed by atoms with Gasteiger partial charge in [-0.25, -0.2) is 0 Å². The maximum Gasteiger partial charge on any atom is 0.254 e. The molecule has 4 heteroatoms. The molecule has 0 aromatic heterocycles. The van der Waals surface area contributed by atoms with Gasteiger partial charge in [0, 0.05) is 44.2 Å². The lowest BCUT2D eigenvalue weighted by molar-refractivity contribution is -0.0377. The molecular formula is C25H30N2O2. The van der Waals surface area contributed by atoms with Crippen LogP contribution in [0.1, 0.15) is 47.7 Å². The third-order valence-electron chi connectivity index (χ3n) is 7.14. The molecule has 1 fully saturated rings. The summed E-state index contributed by atoms with van der Waals surface area (Å²) in [6, 6.07) is 17.0. The third-order valence-corrected chi connectivity index (χ3v) is 7.14. The van der Waals surface area contributed by atoms with E-state index in [-0.39, 0.29) is 11.5 Å². The first kappa shape index (κ1) is 18.7. The molecule has 152 valence electrons. The van der Waals surface area contributed by atoms with Crippen molar-refractivity contribution >= 4 is 5.91 Å². The lowest BCUT2D eigenvalue weighted by atomic mass is 9.80. The highest BCUT2D eigenvalue weighted by Crippen LogP contribution is 2.40. The fourth-order valence-corrected chi connectivity index (χ4v) is 5.38. The zero-order chi connectivity index (χ0) is 19.8. The second-order valence-electron chi connectivity index (χ2n) is 8.93. The fourth-order valence-electron chi connectivity index (χ4n) is 5.38. The van der Waals surface area contributed by atoms with Gasteiger partial charge in [0.25, 0.3) is 5.91 Å². The number of nitrogens with zero attached hydrogens (tertiary/aromatic N) is 2. The van der Waals surface area contributed by atoms with Gasteiger partial charge in [0.1, 0.15) is 11.4 Å². The molecule has 29 heavy (non-hydrogen) atoms. The van der Waals surface area contributed by atoms with Crippen LogP contribution in [-0.2, 0) is 12.8 Å². The quantitative estimate of drug-likeness (QED) is 0.796. The summed E-state index contributed by atoms with van der Waals surface area (Å²) in [5.41, 5.74) is 3.41. The highest BCUT2D eigenvalue weighted by atomic mass is 16.5. The molecule has 1 spiro atoms. The number of hydrogen-bond donors (Lipinski definition) is 0. The number of benzene rings is 2. The van der Waals surface area contributed by atoms with E-state index in [1.807, 2.05) is 23.1 Å². The van der Waals surface area contributed by atoms with E-state index in [1.165, 1.54) is 11.1 Å². The van der Waals surface area contributed by atoms with E-state index in [9.17, 15) is 4.79 Å². The van der Waals surface area contributed by atoms with E-state index in [1.54, 1.807) is 0 Å². The maximum absolute atomic E-state index is 12.8. The van der Waals surface area contributed by atoms with Crippen molar-refractivity contribution in [2.24, 2.45) is 0 Å². The average molecular weight is 391 g/mol. The van der Waals surface area contributed by atoms with Gasteiger partial charge in [-0.15, -0.1) is 0 Å².